The van der Waals surface area contributed by atoms with Crippen molar-refractivity contribution in [2.45, 2.75) is 50.8 Å². The van der Waals surface area contributed by atoms with E-state index in [2.05, 4.69) is 25.5 Å². The van der Waals surface area contributed by atoms with Crippen LogP contribution in [-0.2, 0) is 10.0 Å². The molecule has 120 valence electrons. The van der Waals surface area contributed by atoms with Crippen molar-refractivity contribution in [3.8, 4) is 0 Å². The molecule has 0 aliphatic carbocycles. The summed E-state index contributed by atoms with van der Waals surface area (Å²) in [6.07, 6.45) is 2.52. The molecule has 0 aliphatic heterocycles. The minimum Gasteiger partial charge on any atom is -0.396 e. The third-order valence-corrected chi connectivity index (χ3v) is 5.09. The first kappa shape index (κ1) is 18.1. The molecule has 5 heteroatoms. The molecule has 1 aromatic rings. The smallest absolute Gasteiger partial charge is 0.240 e. The fraction of sp³-hybridized carbons (Fsp3) is 0.625. The van der Waals surface area contributed by atoms with Crippen molar-refractivity contribution >= 4 is 10.0 Å². The number of benzene rings is 1. The minimum absolute atomic E-state index is 0.0927. The van der Waals surface area contributed by atoms with Crippen LogP contribution >= 0.6 is 0 Å². The van der Waals surface area contributed by atoms with E-state index in [9.17, 15) is 8.42 Å². The van der Waals surface area contributed by atoms with Crippen LogP contribution in [0, 0.1) is 5.92 Å². The van der Waals surface area contributed by atoms with Gasteiger partial charge in [0.2, 0.25) is 10.0 Å². The topological polar surface area (TPSA) is 66.4 Å². The Morgan fingerprint density at radius 1 is 1.14 bits per heavy atom. The van der Waals surface area contributed by atoms with Crippen molar-refractivity contribution in [2.24, 2.45) is 5.92 Å². The molecular weight excluding hydrogens is 286 g/mol. The third-order valence-electron chi connectivity index (χ3n) is 3.65. The summed E-state index contributed by atoms with van der Waals surface area (Å²) >= 11 is 0. The van der Waals surface area contributed by atoms with E-state index in [-0.39, 0.29) is 12.5 Å². The molecule has 0 aromatic heterocycles. The first-order valence-electron chi connectivity index (χ1n) is 7.61. The van der Waals surface area contributed by atoms with Crippen molar-refractivity contribution in [1.82, 2.24) is 4.72 Å². The zero-order chi connectivity index (χ0) is 15.9. The molecule has 0 fully saturated rings. The average molecular weight is 313 g/mol. The molecular formula is C16H27NO3S. The molecule has 4 nitrogen and oxygen atoms in total. The van der Waals surface area contributed by atoms with Crippen molar-refractivity contribution in [3.63, 3.8) is 0 Å². The van der Waals surface area contributed by atoms with Crippen LogP contribution in [0.1, 0.15) is 51.5 Å². The van der Waals surface area contributed by atoms with Gasteiger partial charge in [-0.15, -0.1) is 0 Å². The monoisotopic (exact) mass is 313 g/mol. The van der Waals surface area contributed by atoms with Gasteiger partial charge in [0.15, 0.2) is 0 Å². The van der Waals surface area contributed by atoms with E-state index >= 15 is 0 Å². The van der Waals surface area contributed by atoms with Gasteiger partial charge in [-0.05, 0) is 42.4 Å². The second-order valence-corrected chi connectivity index (χ2v) is 7.51. The first-order chi connectivity index (χ1) is 9.90. The van der Waals surface area contributed by atoms with Gasteiger partial charge in [-0.2, -0.15) is 0 Å². The molecule has 21 heavy (non-hydrogen) atoms. The normalized spacial score (nSPS) is 13.6. The molecule has 1 rings (SSSR count). The molecule has 0 aliphatic rings. The molecule has 0 bridgehead atoms. The summed E-state index contributed by atoms with van der Waals surface area (Å²) in [4.78, 5) is 0.297. The van der Waals surface area contributed by atoms with Crippen LogP contribution in [0.5, 0.6) is 0 Å². The summed E-state index contributed by atoms with van der Waals surface area (Å²) in [7, 11) is -3.47. The minimum atomic E-state index is -3.47. The Bertz CT molecular complexity index is 503. The summed E-state index contributed by atoms with van der Waals surface area (Å²) in [5.74, 6) is 0.568. The van der Waals surface area contributed by atoms with E-state index in [4.69, 9.17) is 5.11 Å². The Balaban J connectivity index is 2.72. The predicted molar refractivity (Wildman–Crippen MR) is 85.8 cm³/mol. The number of rotatable bonds is 9. The van der Waals surface area contributed by atoms with Crippen LogP contribution in [0.2, 0.25) is 0 Å². The Morgan fingerprint density at radius 2 is 1.76 bits per heavy atom. The number of nitrogens with one attached hydrogen (secondary N) is 1. The van der Waals surface area contributed by atoms with E-state index < -0.39 is 10.0 Å². The molecule has 0 saturated heterocycles. The van der Waals surface area contributed by atoms with Crippen LogP contribution in [0.25, 0.3) is 0 Å². The van der Waals surface area contributed by atoms with Gasteiger partial charge in [-0.3, -0.25) is 0 Å². The summed E-state index contributed by atoms with van der Waals surface area (Å²) in [6.45, 7) is 6.68. The molecule has 0 heterocycles. The maximum atomic E-state index is 12.3. The predicted octanol–water partition coefficient (Wildman–Crippen LogP) is 2.89. The largest absolute Gasteiger partial charge is 0.396 e. The summed E-state index contributed by atoms with van der Waals surface area (Å²) in [5.41, 5.74) is 1.12. The molecule has 0 amide bonds. The molecule has 0 spiro atoms. The Kier molecular flexibility index (Phi) is 7.35. The average Bonchev–Trinajstić information content (AvgIpc) is 2.45. The number of aliphatic hydroxyl groups is 1. The van der Waals surface area contributed by atoms with Crippen LogP contribution < -0.4 is 4.72 Å². The standard InChI is InChI=1S/C16H27NO3S/c1-4-5-14(10-11-18)12-17-21(19,20)16-8-6-15(7-9-16)13(2)3/h6-9,13-14,17-18H,4-5,10-12H2,1-3H3. The summed E-state index contributed by atoms with van der Waals surface area (Å²) in [6, 6.07) is 7.02. The third kappa shape index (κ3) is 5.77. The van der Waals surface area contributed by atoms with E-state index in [0.717, 1.165) is 18.4 Å². The van der Waals surface area contributed by atoms with Gasteiger partial charge < -0.3 is 5.11 Å². The summed E-state index contributed by atoms with van der Waals surface area (Å²) in [5, 5.41) is 9.02. The van der Waals surface area contributed by atoms with Crippen molar-refractivity contribution in [2.75, 3.05) is 13.2 Å². The van der Waals surface area contributed by atoms with Gasteiger partial charge in [-0.1, -0.05) is 39.3 Å². The zero-order valence-electron chi connectivity index (χ0n) is 13.2. The Morgan fingerprint density at radius 3 is 2.24 bits per heavy atom. The van der Waals surface area contributed by atoms with Crippen LogP contribution in [-0.4, -0.2) is 26.7 Å². The van der Waals surface area contributed by atoms with Crippen molar-refractivity contribution in [1.29, 1.82) is 0 Å². The van der Waals surface area contributed by atoms with E-state index in [1.807, 2.05) is 12.1 Å². The van der Waals surface area contributed by atoms with Crippen LogP contribution in [0.15, 0.2) is 29.2 Å². The van der Waals surface area contributed by atoms with Gasteiger partial charge >= 0.3 is 0 Å². The second kappa shape index (κ2) is 8.51. The highest BCUT2D eigenvalue weighted by molar-refractivity contribution is 7.89. The molecule has 2 N–H and O–H groups in total. The molecule has 0 radical (unpaired) electrons. The highest BCUT2D eigenvalue weighted by Crippen LogP contribution is 2.18. The number of aliphatic hydroxyl groups excluding tert-OH is 1. The maximum absolute atomic E-state index is 12.3. The lowest BCUT2D eigenvalue weighted by molar-refractivity contribution is 0.251. The first-order valence-corrected chi connectivity index (χ1v) is 9.09. The highest BCUT2D eigenvalue weighted by Gasteiger charge is 2.16. The van der Waals surface area contributed by atoms with Gasteiger partial charge in [0.05, 0.1) is 4.90 Å². The van der Waals surface area contributed by atoms with Crippen LogP contribution in [0.3, 0.4) is 0 Å². The zero-order valence-corrected chi connectivity index (χ0v) is 14.0. The SMILES string of the molecule is CCCC(CCO)CNS(=O)(=O)c1ccc(C(C)C)cc1. The lowest BCUT2D eigenvalue weighted by Crippen LogP contribution is -2.30. The van der Waals surface area contributed by atoms with Gasteiger partial charge in [-0.25, -0.2) is 13.1 Å². The van der Waals surface area contributed by atoms with E-state index in [1.165, 1.54) is 0 Å². The molecule has 1 aromatic carbocycles. The second-order valence-electron chi connectivity index (χ2n) is 5.74. The maximum Gasteiger partial charge on any atom is 0.240 e. The highest BCUT2D eigenvalue weighted by atomic mass is 32.2. The lowest BCUT2D eigenvalue weighted by atomic mass is 10.0. The molecule has 1 atom stereocenters. The lowest BCUT2D eigenvalue weighted by Gasteiger charge is -2.16. The van der Waals surface area contributed by atoms with Crippen molar-refractivity contribution < 1.29 is 13.5 Å². The number of hydrogen-bond acceptors (Lipinski definition) is 3. The van der Waals surface area contributed by atoms with E-state index in [0.29, 0.717) is 23.8 Å². The molecule has 0 saturated carbocycles. The fourth-order valence-corrected chi connectivity index (χ4v) is 3.40. The fourth-order valence-electron chi connectivity index (χ4n) is 2.28. The number of hydrogen-bond donors (Lipinski definition) is 2. The van der Waals surface area contributed by atoms with Crippen molar-refractivity contribution in [3.05, 3.63) is 29.8 Å². The van der Waals surface area contributed by atoms with E-state index in [1.54, 1.807) is 12.1 Å². The van der Waals surface area contributed by atoms with Crippen LogP contribution in [0.4, 0.5) is 0 Å². The van der Waals surface area contributed by atoms with Gasteiger partial charge in [0, 0.05) is 13.2 Å². The molecule has 1 unspecified atom stereocenters. The van der Waals surface area contributed by atoms with Gasteiger partial charge in [0.1, 0.15) is 0 Å². The Hall–Kier alpha value is -0.910. The summed E-state index contributed by atoms with van der Waals surface area (Å²) < 4.78 is 27.2. The Labute approximate surface area is 128 Å². The number of sulfonamides is 1. The quantitative estimate of drug-likeness (QED) is 0.736. The van der Waals surface area contributed by atoms with Gasteiger partial charge in [0.25, 0.3) is 0 Å².